The second-order valence-corrected chi connectivity index (χ2v) is 6.47. The Labute approximate surface area is 169 Å². The molecule has 3 aromatic rings. The third kappa shape index (κ3) is 5.40. The fourth-order valence-electron chi connectivity index (χ4n) is 2.75. The highest BCUT2D eigenvalue weighted by molar-refractivity contribution is 5.68. The molecule has 0 bridgehead atoms. The molecule has 8 heteroatoms. The molecule has 3 nitrogen and oxygen atoms in total. The van der Waals surface area contributed by atoms with Crippen LogP contribution in [0.4, 0.5) is 22.0 Å². The lowest BCUT2D eigenvalue weighted by Crippen LogP contribution is -2.02. The summed E-state index contributed by atoms with van der Waals surface area (Å²) in [5, 5.41) is 0. The maximum absolute atomic E-state index is 14.2. The molecule has 30 heavy (non-hydrogen) atoms. The fourth-order valence-corrected chi connectivity index (χ4v) is 2.75. The molecule has 0 aliphatic rings. The monoisotopic (exact) mass is 420 g/mol. The average molecular weight is 420 g/mol. The van der Waals surface area contributed by atoms with Crippen molar-refractivity contribution in [2.75, 3.05) is 0 Å². The second-order valence-electron chi connectivity index (χ2n) is 6.47. The van der Waals surface area contributed by atoms with E-state index in [9.17, 15) is 22.0 Å². The van der Waals surface area contributed by atoms with Gasteiger partial charge in [-0.05, 0) is 35.2 Å². The molecule has 0 amide bonds. The highest BCUT2D eigenvalue weighted by Crippen LogP contribution is 2.30. The number of nitrogens with zero attached hydrogens (tertiary/aromatic N) is 2. The number of halogens is 5. The van der Waals surface area contributed by atoms with Crippen LogP contribution in [0.15, 0.2) is 61.1 Å². The van der Waals surface area contributed by atoms with Gasteiger partial charge in [-0.3, -0.25) is 0 Å². The Morgan fingerprint density at radius 1 is 0.900 bits per heavy atom. The van der Waals surface area contributed by atoms with E-state index in [1.807, 2.05) is 0 Å². The van der Waals surface area contributed by atoms with E-state index in [4.69, 9.17) is 0 Å². The van der Waals surface area contributed by atoms with Gasteiger partial charge in [0.15, 0.2) is 23.2 Å². The molecular weight excluding hydrogens is 403 g/mol. The molecule has 0 N–H and O–H groups in total. The standard InChI is InChI=1S/C22H17F5N2O/c1-2-3-14-12-28-21(29-13-14)16-6-4-15(5-7-16)17-10-18(23)20(19(24)11-17)30-9-8-22(25,26)27/h4-13H,2-3H2,1H3/b9-8+. The van der Waals surface area contributed by atoms with Crippen molar-refractivity contribution >= 4 is 0 Å². The first-order chi connectivity index (χ1) is 14.3. The van der Waals surface area contributed by atoms with Crippen LogP contribution in [0.3, 0.4) is 0 Å². The van der Waals surface area contributed by atoms with Crippen LogP contribution >= 0.6 is 0 Å². The molecule has 1 aromatic heterocycles. The molecule has 0 saturated heterocycles. The van der Waals surface area contributed by atoms with Crippen molar-refractivity contribution in [1.29, 1.82) is 0 Å². The van der Waals surface area contributed by atoms with E-state index in [-0.39, 0.29) is 17.9 Å². The van der Waals surface area contributed by atoms with Gasteiger partial charge in [0.25, 0.3) is 0 Å². The minimum absolute atomic E-state index is 0.196. The second kappa shape index (κ2) is 9.02. The molecule has 0 atom stereocenters. The number of hydrogen-bond acceptors (Lipinski definition) is 3. The summed E-state index contributed by atoms with van der Waals surface area (Å²) in [4.78, 5) is 8.64. The van der Waals surface area contributed by atoms with Gasteiger partial charge < -0.3 is 4.74 Å². The van der Waals surface area contributed by atoms with Gasteiger partial charge in [0.1, 0.15) is 0 Å². The molecule has 3 rings (SSSR count). The topological polar surface area (TPSA) is 35.0 Å². The molecule has 0 spiro atoms. The lowest BCUT2D eigenvalue weighted by Gasteiger charge is -2.09. The largest absolute Gasteiger partial charge is 0.459 e. The summed E-state index contributed by atoms with van der Waals surface area (Å²) < 4.78 is 69.1. The summed E-state index contributed by atoms with van der Waals surface area (Å²) in [5.74, 6) is -2.61. The molecule has 0 saturated carbocycles. The van der Waals surface area contributed by atoms with Crippen LogP contribution in [-0.2, 0) is 6.42 Å². The number of hydrogen-bond donors (Lipinski definition) is 0. The molecule has 0 radical (unpaired) electrons. The number of aryl methyl sites for hydroxylation is 1. The first kappa shape index (κ1) is 21.4. The normalized spacial score (nSPS) is 11.8. The summed E-state index contributed by atoms with van der Waals surface area (Å²) in [7, 11) is 0. The lowest BCUT2D eigenvalue weighted by atomic mass is 10.0. The summed E-state index contributed by atoms with van der Waals surface area (Å²) in [6, 6.07) is 8.72. The first-order valence-corrected chi connectivity index (χ1v) is 9.08. The Hall–Kier alpha value is -3.29. The van der Waals surface area contributed by atoms with Crippen molar-refractivity contribution in [3.05, 3.63) is 78.3 Å². The summed E-state index contributed by atoms with van der Waals surface area (Å²) >= 11 is 0. The predicted molar refractivity (Wildman–Crippen MR) is 103 cm³/mol. The first-order valence-electron chi connectivity index (χ1n) is 9.08. The molecule has 0 aliphatic heterocycles. The van der Waals surface area contributed by atoms with E-state index in [0.717, 1.165) is 36.1 Å². The number of aromatic nitrogens is 2. The highest BCUT2D eigenvalue weighted by Gasteiger charge is 2.23. The van der Waals surface area contributed by atoms with Crippen LogP contribution in [0.2, 0.25) is 0 Å². The smallest absolute Gasteiger partial charge is 0.412 e. The van der Waals surface area contributed by atoms with E-state index in [0.29, 0.717) is 11.4 Å². The Morgan fingerprint density at radius 2 is 1.47 bits per heavy atom. The zero-order valence-corrected chi connectivity index (χ0v) is 15.9. The zero-order chi connectivity index (χ0) is 21.7. The Bertz CT molecular complexity index is 1010. The van der Waals surface area contributed by atoms with Gasteiger partial charge in [0, 0.05) is 18.0 Å². The average Bonchev–Trinajstić information content (AvgIpc) is 2.70. The SMILES string of the molecule is CCCc1cnc(-c2ccc(-c3cc(F)c(O/C=C/C(F)(F)F)c(F)c3)cc2)nc1. The summed E-state index contributed by atoms with van der Waals surface area (Å²) in [6.07, 6.45) is 0.702. The number of ether oxygens (including phenoxy) is 1. The van der Waals surface area contributed by atoms with Gasteiger partial charge in [-0.15, -0.1) is 0 Å². The zero-order valence-electron chi connectivity index (χ0n) is 15.9. The summed E-state index contributed by atoms with van der Waals surface area (Å²) in [5.41, 5.74) is 2.50. The van der Waals surface area contributed by atoms with Crippen LogP contribution in [0.25, 0.3) is 22.5 Å². The molecule has 0 fully saturated rings. The molecular formula is C22H17F5N2O. The van der Waals surface area contributed by atoms with Crippen molar-refractivity contribution in [3.8, 4) is 28.3 Å². The highest BCUT2D eigenvalue weighted by atomic mass is 19.4. The van der Waals surface area contributed by atoms with E-state index in [1.165, 1.54) is 0 Å². The van der Waals surface area contributed by atoms with Gasteiger partial charge in [0.2, 0.25) is 0 Å². The van der Waals surface area contributed by atoms with Crippen LogP contribution < -0.4 is 4.74 Å². The van der Waals surface area contributed by atoms with E-state index >= 15 is 0 Å². The number of allylic oxidation sites excluding steroid dienone is 1. The van der Waals surface area contributed by atoms with Gasteiger partial charge in [0.05, 0.1) is 12.3 Å². The number of benzene rings is 2. The van der Waals surface area contributed by atoms with E-state index < -0.39 is 23.6 Å². The Morgan fingerprint density at radius 3 is 2.00 bits per heavy atom. The predicted octanol–water partition coefficient (Wildman–Crippen LogP) is 6.50. The minimum Gasteiger partial charge on any atom is -0.459 e. The third-order valence-corrected chi connectivity index (χ3v) is 4.16. The van der Waals surface area contributed by atoms with E-state index in [1.54, 1.807) is 36.7 Å². The molecule has 0 unspecified atom stereocenters. The minimum atomic E-state index is -4.64. The number of rotatable bonds is 6. The van der Waals surface area contributed by atoms with Crippen LogP contribution in [0.1, 0.15) is 18.9 Å². The van der Waals surface area contributed by atoms with Gasteiger partial charge in [-0.1, -0.05) is 37.6 Å². The molecule has 2 aromatic carbocycles. The van der Waals surface area contributed by atoms with Gasteiger partial charge in [-0.2, -0.15) is 13.2 Å². The Balaban J connectivity index is 1.80. The van der Waals surface area contributed by atoms with Crippen molar-refractivity contribution in [2.45, 2.75) is 25.9 Å². The number of alkyl halides is 3. The van der Waals surface area contributed by atoms with E-state index in [2.05, 4.69) is 21.6 Å². The van der Waals surface area contributed by atoms with Crippen LogP contribution in [0.5, 0.6) is 5.75 Å². The van der Waals surface area contributed by atoms with Crippen molar-refractivity contribution in [3.63, 3.8) is 0 Å². The van der Waals surface area contributed by atoms with Gasteiger partial charge >= 0.3 is 6.18 Å². The molecule has 0 aliphatic carbocycles. The van der Waals surface area contributed by atoms with Crippen molar-refractivity contribution in [2.24, 2.45) is 0 Å². The van der Waals surface area contributed by atoms with Crippen LogP contribution in [0, 0.1) is 11.6 Å². The van der Waals surface area contributed by atoms with Crippen LogP contribution in [-0.4, -0.2) is 16.1 Å². The lowest BCUT2D eigenvalue weighted by molar-refractivity contribution is -0.0809. The quantitative estimate of drug-likeness (QED) is 0.337. The summed E-state index contributed by atoms with van der Waals surface area (Å²) in [6.45, 7) is 2.07. The van der Waals surface area contributed by atoms with Crippen molar-refractivity contribution in [1.82, 2.24) is 9.97 Å². The van der Waals surface area contributed by atoms with Crippen molar-refractivity contribution < 1.29 is 26.7 Å². The fraction of sp³-hybridized carbons (Fsp3) is 0.182. The molecule has 156 valence electrons. The maximum atomic E-state index is 14.2. The molecule has 1 heterocycles. The van der Waals surface area contributed by atoms with Gasteiger partial charge in [-0.25, -0.2) is 18.7 Å². The third-order valence-electron chi connectivity index (χ3n) is 4.16. The Kier molecular flexibility index (Phi) is 6.44. The maximum Gasteiger partial charge on any atom is 0.412 e.